The molecule has 0 aliphatic carbocycles. The Morgan fingerprint density at radius 1 is 1.58 bits per heavy atom. The van der Waals surface area contributed by atoms with Crippen molar-refractivity contribution in [1.29, 1.82) is 0 Å². The molecule has 0 spiro atoms. The minimum Gasteiger partial charge on any atom is -0.388 e. The maximum atomic E-state index is 10.7. The molecule has 0 aromatic rings. The first kappa shape index (κ1) is 11.9. The molecule has 12 heavy (non-hydrogen) atoms. The largest absolute Gasteiger partial charge is 0.388 e. The van der Waals surface area contributed by atoms with Crippen molar-refractivity contribution in [3.63, 3.8) is 0 Å². The smallest absolute Gasteiger partial charge is 0.344 e. The summed E-state index contributed by atoms with van der Waals surface area (Å²) < 4.78 is 4.17. The Bertz CT molecular complexity index is 234. The normalized spacial score (nSPS) is 18.0. The number of ether oxygens (including phenoxy) is 1. The van der Waals surface area contributed by atoms with Gasteiger partial charge in [-0.05, 0) is 6.42 Å². The van der Waals surface area contributed by atoms with E-state index in [9.17, 15) is 9.59 Å². The fraction of sp³-hybridized carbons (Fsp3) is 0.429. The van der Waals surface area contributed by atoms with Crippen LogP contribution in [0.25, 0.3) is 0 Å². The Kier molecular flexibility index (Phi) is 4.82. The van der Waals surface area contributed by atoms with E-state index in [1.807, 2.05) is 0 Å². The zero-order chi connectivity index (χ0) is 8.43. The molecule has 1 radical (unpaired) electrons. The Balaban J connectivity index is 0.00000121. The fourth-order valence-corrected chi connectivity index (χ4v) is 0.818. The Labute approximate surface area is 94.8 Å². The van der Waals surface area contributed by atoms with Gasteiger partial charge in [0, 0.05) is 38.8 Å². The predicted octanol–water partition coefficient (Wildman–Crippen LogP) is -0.235. The minimum atomic E-state index is -0.881. The summed E-state index contributed by atoms with van der Waals surface area (Å²) in [5.74, 6) is -1.43. The molecule has 63 valence electrons. The van der Waals surface area contributed by atoms with Crippen molar-refractivity contribution in [3.8, 4) is 0 Å². The Hall–Kier alpha value is -0.0561. The SMILES string of the molecule is CCC(O)C1=CC(=O)OC1=O.[Y]. The third-order valence-corrected chi connectivity index (χ3v) is 1.45. The molecule has 0 aromatic heterocycles. The number of hydrogen-bond donors (Lipinski definition) is 1. The number of hydrogen-bond acceptors (Lipinski definition) is 4. The van der Waals surface area contributed by atoms with Crippen molar-refractivity contribution in [1.82, 2.24) is 0 Å². The molecule has 1 atom stereocenters. The Morgan fingerprint density at radius 3 is 2.50 bits per heavy atom. The number of aliphatic hydroxyl groups excluding tert-OH is 1. The third-order valence-electron chi connectivity index (χ3n) is 1.45. The fourth-order valence-electron chi connectivity index (χ4n) is 0.818. The van der Waals surface area contributed by atoms with Crippen molar-refractivity contribution in [3.05, 3.63) is 11.6 Å². The summed E-state index contributed by atoms with van der Waals surface area (Å²) in [4.78, 5) is 21.2. The van der Waals surface area contributed by atoms with E-state index in [1.165, 1.54) is 0 Å². The van der Waals surface area contributed by atoms with Crippen molar-refractivity contribution < 1.29 is 52.1 Å². The molecular formula is C7H8O4Y. The molecule has 0 saturated carbocycles. The minimum absolute atomic E-state index is 0. The summed E-state index contributed by atoms with van der Waals surface area (Å²) in [7, 11) is 0. The van der Waals surface area contributed by atoms with Gasteiger partial charge in [-0.1, -0.05) is 6.92 Å². The van der Waals surface area contributed by atoms with E-state index in [4.69, 9.17) is 5.11 Å². The summed E-state index contributed by atoms with van der Waals surface area (Å²) in [6.07, 6.45) is 0.541. The first-order valence-electron chi connectivity index (χ1n) is 3.31. The third kappa shape index (κ3) is 2.47. The van der Waals surface area contributed by atoms with Gasteiger partial charge in [-0.2, -0.15) is 0 Å². The van der Waals surface area contributed by atoms with Gasteiger partial charge in [0.2, 0.25) is 0 Å². The second-order valence-corrected chi connectivity index (χ2v) is 2.23. The second-order valence-electron chi connectivity index (χ2n) is 2.23. The van der Waals surface area contributed by atoms with Gasteiger partial charge >= 0.3 is 11.9 Å². The van der Waals surface area contributed by atoms with Crippen LogP contribution in [0.1, 0.15) is 13.3 Å². The number of cyclic esters (lactones) is 2. The number of carbonyl (C=O) groups excluding carboxylic acids is 2. The topological polar surface area (TPSA) is 63.6 Å². The van der Waals surface area contributed by atoms with E-state index in [-0.39, 0.29) is 38.3 Å². The van der Waals surface area contributed by atoms with Crippen LogP contribution < -0.4 is 0 Å². The van der Waals surface area contributed by atoms with Crippen LogP contribution in [0, 0.1) is 0 Å². The van der Waals surface area contributed by atoms with Crippen LogP contribution in [0.5, 0.6) is 0 Å². The molecule has 0 amide bonds. The van der Waals surface area contributed by atoms with E-state index < -0.39 is 18.0 Å². The van der Waals surface area contributed by atoms with Crippen LogP contribution in [0.15, 0.2) is 11.6 Å². The van der Waals surface area contributed by atoms with Crippen molar-refractivity contribution in [2.75, 3.05) is 0 Å². The molecule has 0 fully saturated rings. The second kappa shape index (κ2) is 4.85. The summed E-state index contributed by atoms with van der Waals surface area (Å²) in [5, 5.41) is 9.12. The molecule has 1 unspecified atom stereocenters. The van der Waals surface area contributed by atoms with Gasteiger partial charge in [0.05, 0.1) is 11.7 Å². The Morgan fingerprint density at radius 2 is 2.17 bits per heavy atom. The average Bonchev–Trinajstić information content (AvgIpc) is 2.28. The van der Waals surface area contributed by atoms with Gasteiger partial charge in [0.25, 0.3) is 0 Å². The number of carbonyl (C=O) groups is 2. The van der Waals surface area contributed by atoms with Gasteiger partial charge in [0.15, 0.2) is 0 Å². The van der Waals surface area contributed by atoms with Crippen LogP contribution in [-0.4, -0.2) is 23.1 Å². The van der Waals surface area contributed by atoms with Gasteiger partial charge in [-0.15, -0.1) is 0 Å². The molecule has 0 bridgehead atoms. The maximum Gasteiger partial charge on any atom is 0.344 e. The molecule has 1 rings (SSSR count). The number of esters is 2. The molecule has 1 N–H and O–H groups in total. The summed E-state index contributed by atoms with van der Waals surface area (Å²) >= 11 is 0. The van der Waals surface area contributed by atoms with E-state index in [1.54, 1.807) is 6.92 Å². The van der Waals surface area contributed by atoms with Crippen molar-refractivity contribution >= 4 is 11.9 Å². The van der Waals surface area contributed by atoms with Crippen LogP contribution in [0.3, 0.4) is 0 Å². The summed E-state index contributed by atoms with van der Waals surface area (Å²) in [6, 6.07) is 0. The van der Waals surface area contributed by atoms with Crippen LogP contribution in [-0.2, 0) is 47.0 Å². The molecule has 0 saturated heterocycles. The molecule has 1 aliphatic heterocycles. The molecule has 1 aliphatic rings. The number of rotatable bonds is 2. The summed E-state index contributed by atoms with van der Waals surface area (Å²) in [6.45, 7) is 1.71. The molecular weight excluding hydrogens is 237 g/mol. The van der Waals surface area contributed by atoms with E-state index in [0.29, 0.717) is 6.42 Å². The van der Waals surface area contributed by atoms with Crippen molar-refractivity contribution in [2.45, 2.75) is 19.4 Å². The quantitative estimate of drug-likeness (QED) is 0.539. The van der Waals surface area contributed by atoms with Gasteiger partial charge < -0.3 is 9.84 Å². The molecule has 1 heterocycles. The van der Waals surface area contributed by atoms with Gasteiger partial charge in [-0.25, -0.2) is 9.59 Å². The number of aliphatic hydroxyl groups is 1. The predicted molar refractivity (Wildman–Crippen MR) is 35.5 cm³/mol. The van der Waals surface area contributed by atoms with E-state index in [0.717, 1.165) is 6.08 Å². The standard InChI is InChI=1S/C7H8O4.Y/c1-2-5(8)4-3-6(9)11-7(4)10;/h3,5,8H,2H2,1H3;. The first-order valence-corrected chi connectivity index (χ1v) is 3.31. The monoisotopic (exact) mass is 245 g/mol. The zero-order valence-corrected chi connectivity index (χ0v) is 9.45. The molecule has 4 nitrogen and oxygen atoms in total. The molecule has 5 heteroatoms. The maximum absolute atomic E-state index is 10.7. The zero-order valence-electron chi connectivity index (χ0n) is 6.61. The van der Waals surface area contributed by atoms with Crippen LogP contribution in [0.2, 0.25) is 0 Å². The van der Waals surface area contributed by atoms with E-state index in [2.05, 4.69) is 4.74 Å². The van der Waals surface area contributed by atoms with E-state index >= 15 is 0 Å². The summed E-state index contributed by atoms with van der Waals surface area (Å²) in [5.41, 5.74) is 0.0532. The van der Waals surface area contributed by atoms with Crippen molar-refractivity contribution in [2.24, 2.45) is 0 Å². The van der Waals surface area contributed by atoms with Crippen LogP contribution >= 0.6 is 0 Å². The first-order chi connectivity index (χ1) is 5.15. The molecule has 0 aromatic carbocycles. The van der Waals surface area contributed by atoms with Crippen LogP contribution in [0.4, 0.5) is 0 Å². The van der Waals surface area contributed by atoms with Gasteiger partial charge in [0.1, 0.15) is 0 Å². The average molecular weight is 245 g/mol. The van der Waals surface area contributed by atoms with Gasteiger partial charge in [-0.3, -0.25) is 0 Å².